The van der Waals surface area contributed by atoms with E-state index in [0.717, 1.165) is 25.7 Å². The minimum atomic E-state index is 0.483. The van der Waals surface area contributed by atoms with Gasteiger partial charge in [-0.25, -0.2) is 0 Å². The Labute approximate surface area is 111 Å². The first-order valence-electron chi connectivity index (χ1n) is 7.70. The number of hydrogen-bond donors (Lipinski definition) is 1. The molecule has 0 aromatic carbocycles. The molecule has 0 radical (unpaired) electrons. The van der Waals surface area contributed by atoms with Crippen molar-refractivity contribution in [3.8, 4) is 0 Å². The number of piperazine rings is 1. The first kappa shape index (κ1) is 12.9. The Morgan fingerprint density at radius 3 is 2.56 bits per heavy atom. The summed E-state index contributed by atoms with van der Waals surface area (Å²) < 4.78 is 5.61. The summed E-state index contributed by atoms with van der Waals surface area (Å²) in [4.78, 5) is 5.28. The highest BCUT2D eigenvalue weighted by Gasteiger charge is 2.30. The van der Waals surface area contributed by atoms with E-state index in [1.54, 1.807) is 0 Å². The second-order valence-electron chi connectivity index (χ2n) is 5.95. The van der Waals surface area contributed by atoms with Gasteiger partial charge in [0.1, 0.15) is 0 Å². The van der Waals surface area contributed by atoms with Crippen LogP contribution in [0.4, 0.5) is 0 Å². The largest absolute Gasteiger partial charge is 0.377 e. The molecule has 1 N–H and O–H groups in total. The first-order valence-corrected chi connectivity index (χ1v) is 7.70. The molecule has 3 fully saturated rings. The standard InChI is InChI=1S/C14H27N3O/c1-2-14(18-11-1)12-15-5-6-16-7-9-17(10-8-16)13-3-4-13/h13-15H,1-12H2. The van der Waals surface area contributed by atoms with Crippen LogP contribution in [-0.2, 0) is 4.74 Å². The molecule has 1 aliphatic carbocycles. The lowest BCUT2D eigenvalue weighted by Gasteiger charge is -2.34. The monoisotopic (exact) mass is 253 g/mol. The molecule has 4 heteroatoms. The van der Waals surface area contributed by atoms with Crippen molar-refractivity contribution in [3.05, 3.63) is 0 Å². The highest BCUT2D eigenvalue weighted by Crippen LogP contribution is 2.27. The molecule has 18 heavy (non-hydrogen) atoms. The molecule has 2 heterocycles. The van der Waals surface area contributed by atoms with E-state index < -0.39 is 0 Å². The van der Waals surface area contributed by atoms with Crippen molar-refractivity contribution in [1.29, 1.82) is 0 Å². The van der Waals surface area contributed by atoms with Crippen molar-refractivity contribution in [3.63, 3.8) is 0 Å². The molecular formula is C14H27N3O. The average molecular weight is 253 g/mol. The zero-order chi connectivity index (χ0) is 12.2. The number of nitrogens with zero attached hydrogens (tertiary/aromatic N) is 2. The number of hydrogen-bond acceptors (Lipinski definition) is 4. The van der Waals surface area contributed by atoms with Crippen LogP contribution in [0.5, 0.6) is 0 Å². The zero-order valence-electron chi connectivity index (χ0n) is 11.4. The van der Waals surface area contributed by atoms with Crippen LogP contribution in [0.15, 0.2) is 0 Å². The Morgan fingerprint density at radius 2 is 1.89 bits per heavy atom. The van der Waals surface area contributed by atoms with Crippen LogP contribution in [-0.4, -0.2) is 74.4 Å². The summed E-state index contributed by atoms with van der Waals surface area (Å²) in [6.45, 7) is 9.43. The summed E-state index contributed by atoms with van der Waals surface area (Å²) in [5.74, 6) is 0. The molecule has 104 valence electrons. The van der Waals surface area contributed by atoms with E-state index in [-0.39, 0.29) is 0 Å². The summed E-state index contributed by atoms with van der Waals surface area (Å²) in [6, 6.07) is 0.949. The molecule has 0 bridgehead atoms. The topological polar surface area (TPSA) is 27.7 Å². The van der Waals surface area contributed by atoms with Crippen LogP contribution in [0.25, 0.3) is 0 Å². The van der Waals surface area contributed by atoms with Crippen LogP contribution in [0.2, 0.25) is 0 Å². The normalized spacial score (nSPS) is 31.0. The van der Waals surface area contributed by atoms with Gasteiger partial charge in [-0.15, -0.1) is 0 Å². The van der Waals surface area contributed by atoms with Crippen molar-refractivity contribution in [2.75, 3.05) is 52.4 Å². The van der Waals surface area contributed by atoms with E-state index in [2.05, 4.69) is 15.1 Å². The lowest BCUT2D eigenvalue weighted by Crippen LogP contribution is -2.49. The molecule has 0 aromatic rings. The van der Waals surface area contributed by atoms with Crippen molar-refractivity contribution >= 4 is 0 Å². The zero-order valence-corrected chi connectivity index (χ0v) is 11.4. The molecule has 0 aromatic heterocycles. The van der Waals surface area contributed by atoms with Crippen LogP contribution in [0, 0.1) is 0 Å². The smallest absolute Gasteiger partial charge is 0.0700 e. The first-order chi connectivity index (χ1) is 8.92. The van der Waals surface area contributed by atoms with Crippen LogP contribution >= 0.6 is 0 Å². The van der Waals surface area contributed by atoms with Crippen molar-refractivity contribution in [2.45, 2.75) is 37.8 Å². The maximum absolute atomic E-state index is 5.61. The second kappa shape index (κ2) is 6.33. The SMILES string of the molecule is C1COC(CNCCN2CCN(C3CC3)CC2)C1. The molecule has 1 unspecified atom stereocenters. The summed E-state index contributed by atoms with van der Waals surface area (Å²) >= 11 is 0. The van der Waals surface area contributed by atoms with Gasteiger partial charge < -0.3 is 10.1 Å². The van der Waals surface area contributed by atoms with Gasteiger partial charge in [-0.3, -0.25) is 9.80 Å². The molecule has 0 spiro atoms. The third-order valence-corrected chi connectivity index (χ3v) is 4.47. The molecular weight excluding hydrogens is 226 g/mol. The number of nitrogens with one attached hydrogen (secondary N) is 1. The van der Waals surface area contributed by atoms with Gasteiger partial charge in [0.15, 0.2) is 0 Å². The maximum atomic E-state index is 5.61. The van der Waals surface area contributed by atoms with Crippen LogP contribution in [0.1, 0.15) is 25.7 Å². The van der Waals surface area contributed by atoms with Crippen molar-refractivity contribution < 1.29 is 4.74 Å². The van der Waals surface area contributed by atoms with Gasteiger partial charge in [0.05, 0.1) is 6.10 Å². The number of ether oxygens (including phenoxy) is 1. The Hall–Kier alpha value is -0.160. The molecule has 2 aliphatic heterocycles. The summed E-state index contributed by atoms with van der Waals surface area (Å²) in [6.07, 6.45) is 5.87. The predicted octanol–water partition coefficient (Wildman–Crippen LogP) is 0.535. The van der Waals surface area contributed by atoms with Crippen molar-refractivity contribution in [1.82, 2.24) is 15.1 Å². The Balaban J connectivity index is 1.23. The van der Waals surface area contributed by atoms with E-state index in [1.807, 2.05) is 0 Å². The van der Waals surface area contributed by atoms with Crippen LogP contribution in [0.3, 0.4) is 0 Å². The van der Waals surface area contributed by atoms with Crippen LogP contribution < -0.4 is 5.32 Å². The van der Waals surface area contributed by atoms with E-state index in [9.17, 15) is 0 Å². The highest BCUT2D eigenvalue weighted by molar-refractivity contribution is 4.87. The van der Waals surface area contributed by atoms with E-state index in [1.165, 1.54) is 58.4 Å². The highest BCUT2D eigenvalue weighted by atomic mass is 16.5. The lowest BCUT2D eigenvalue weighted by molar-refractivity contribution is 0.105. The van der Waals surface area contributed by atoms with E-state index >= 15 is 0 Å². The third kappa shape index (κ3) is 3.67. The molecule has 1 atom stereocenters. The van der Waals surface area contributed by atoms with Gasteiger partial charge in [0.2, 0.25) is 0 Å². The average Bonchev–Trinajstić information content (AvgIpc) is 3.13. The molecule has 2 saturated heterocycles. The fourth-order valence-corrected chi connectivity index (χ4v) is 3.10. The van der Waals surface area contributed by atoms with Gasteiger partial charge in [0.25, 0.3) is 0 Å². The van der Waals surface area contributed by atoms with Gasteiger partial charge in [-0.05, 0) is 25.7 Å². The fourth-order valence-electron chi connectivity index (χ4n) is 3.10. The second-order valence-corrected chi connectivity index (χ2v) is 5.95. The Morgan fingerprint density at radius 1 is 1.06 bits per heavy atom. The fraction of sp³-hybridized carbons (Fsp3) is 1.00. The predicted molar refractivity (Wildman–Crippen MR) is 72.9 cm³/mol. The van der Waals surface area contributed by atoms with Gasteiger partial charge in [-0.2, -0.15) is 0 Å². The quantitative estimate of drug-likeness (QED) is 0.699. The number of rotatable bonds is 6. The summed E-state index contributed by atoms with van der Waals surface area (Å²) in [5, 5.41) is 3.54. The molecule has 3 rings (SSSR count). The van der Waals surface area contributed by atoms with E-state index in [4.69, 9.17) is 4.74 Å². The summed E-state index contributed by atoms with van der Waals surface area (Å²) in [7, 11) is 0. The lowest BCUT2D eigenvalue weighted by atomic mass is 10.2. The molecule has 3 aliphatic rings. The van der Waals surface area contributed by atoms with Gasteiger partial charge in [-0.1, -0.05) is 0 Å². The Kier molecular flexibility index (Phi) is 4.52. The Bertz CT molecular complexity index is 243. The maximum Gasteiger partial charge on any atom is 0.0700 e. The summed E-state index contributed by atoms with van der Waals surface area (Å²) in [5.41, 5.74) is 0. The molecule has 0 amide bonds. The molecule has 4 nitrogen and oxygen atoms in total. The third-order valence-electron chi connectivity index (χ3n) is 4.47. The van der Waals surface area contributed by atoms with E-state index in [0.29, 0.717) is 6.10 Å². The van der Waals surface area contributed by atoms with Gasteiger partial charge >= 0.3 is 0 Å². The van der Waals surface area contributed by atoms with Crippen molar-refractivity contribution in [2.24, 2.45) is 0 Å². The molecule has 1 saturated carbocycles. The minimum absolute atomic E-state index is 0.483. The minimum Gasteiger partial charge on any atom is -0.377 e. The van der Waals surface area contributed by atoms with Gasteiger partial charge in [0, 0.05) is 58.5 Å².